The molecule has 7 nitrogen and oxygen atoms in total. The molecule has 0 radical (unpaired) electrons. The van der Waals surface area contributed by atoms with Crippen LogP contribution in [0.4, 0.5) is 4.79 Å². The number of carboxylic acids is 1. The predicted octanol–water partition coefficient (Wildman–Crippen LogP) is 1.65. The van der Waals surface area contributed by atoms with Gasteiger partial charge in [0.05, 0.1) is 11.1 Å². The first-order valence-corrected chi connectivity index (χ1v) is 7.24. The number of amides is 1. The summed E-state index contributed by atoms with van der Waals surface area (Å²) in [5.41, 5.74) is -0.855. The second-order valence-electron chi connectivity index (χ2n) is 5.64. The summed E-state index contributed by atoms with van der Waals surface area (Å²) < 4.78 is 5.09. The minimum absolute atomic E-state index is 0.137. The van der Waals surface area contributed by atoms with E-state index in [0.29, 0.717) is 6.42 Å². The molecule has 0 heterocycles. The molecule has 0 spiro atoms. The number of rotatable bonds is 8. The van der Waals surface area contributed by atoms with Gasteiger partial charge < -0.3 is 20.5 Å². The van der Waals surface area contributed by atoms with Gasteiger partial charge in [0.25, 0.3) is 0 Å². The van der Waals surface area contributed by atoms with Crippen molar-refractivity contribution < 1.29 is 24.2 Å². The zero-order chi connectivity index (χ0) is 17.5. The van der Waals surface area contributed by atoms with Gasteiger partial charge >= 0.3 is 12.1 Å². The number of carbonyl (C=O) groups excluding carboxylic acids is 2. The lowest BCUT2D eigenvalue weighted by molar-refractivity contribution is -0.135. The van der Waals surface area contributed by atoms with Crippen molar-refractivity contribution in [2.24, 2.45) is 0 Å². The van der Waals surface area contributed by atoms with Gasteiger partial charge in [0, 0.05) is 0 Å². The van der Waals surface area contributed by atoms with Gasteiger partial charge in [-0.2, -0.15) is 0 Å². The van der Waals surface area contributed by atoms with Crippen LogP contribution in [0.2, 0.25) is 0 Å². The van der Waals surface area contributed by atoms with Crippen molar-refractivity contribution in [1.29, 1.82) is 0 Å². The minimum atomic E-state index is -1.14. The van der Waals surface area contributed by atoms with Crippen molar-refractivity contribution in [1.82, 2.24) is 10.6 Å². The van der Waals surface area contributed by atoms with E-state index in [-0.39, 0.29) is 5.70 Å². The quantitative estimate of drug-likeness (QED) is 0.460. The molecule has 22 heavy (non-hydrogen) atoms. The van der Waals surface area contributed by atoms with Crippen molar-refractivity contribution >= 4 is 29.4 Å². The highest BCUT2D eigenvalue weighted by Gasteiger charge is 2.31. The van der Waals surface area contributed by atoms with E-state index < -0.39 is 41.4 Å². The monoisotopic (exact) mass is 334 g/mol. The van der Waals surface area contributed by atoms with E-state index in [4.69, 9.17) is 21.4 Å². The van der Waals surface area contributed by atoms with Crippen molar-refractivity contribution in [3.63, 3.8) is 0 Å². The number of nitrogens with one attached hydrogen (secondary N) is 2. The Bertz CT molecular complexity index is 445. The van der Waals surface area contributed by atoms with Crippen molar-refractivity contribution in [2.75, 3.05) is 6.54 Å². The molecule has 0 aromatic heterocycles. The van der Waals surface area contributed by atoms with Gasteiger partial charge in [-0.25, -0.2) is 4.79 Å². The van der Waals surface area contributed by atoms with Gasteiger partial charge in [0.1, 0.15) is 18.2 Å². The third-order valence-electron chi connectivity index (χ3n) is 2.46. The number of ether oxygens (including phenoxy) is 1. The Balaban J connectivity index is 4.90. The topological polar surface area (TPSA) is 105 Å². The Morgan fingerprint density at radius 3 is 2.27 bits per heavy atom. The van der Waals surface area contributed by atoms with Gasteiger partial charge in [-0.3, -0.25) is 9.59 Å². The maximum atomic E-state index is 12.2. The average Bonchev–Trinajstić information content (AvgIpc) is 2.38. The largest absolute Gasteiger partial charge is 0.480 e. The van der Waals surface area contributed by atoms with Crippen LogP contribution in [-0.2, 0) is 14.3 Å². The number of hydrogen-bond donors (Lipinski definition) is 3. The summed E-state index contributed by atoms with van der Waals surface area (Å²) in [6.45, 7) is 9.84. The Hall–Kier alpha value is -1.76. The fourth-order valence-corrected chi connectivity index (χ4v) is 1.62. The van der Waals surface area contributed by atoms with E-state index in [1.54, 1.807) is 27.7 Å². The summed E-state index contributed by atoms with van der Waals surface area (Å²) in [6, 6.07) is -1.06. The van der Waals surface area contributed by atoms with E-state index in [2.05, 4.69) is 17.2 Å². The van der Waals surface area contributed by atoms with Crippen molar-refractivity contribution in [3.8, 4) is 0 Å². The highest BCUT2D eigenvalue weighted by atomic mass is 35.5. The molecule has 3 N–H and O–H groups in total. The fraction of sp³-hybridized carbons (Fsp3) is 0.643. The van der Waals surface area contributed by atoms with E-state index in [9.17, 15) is 14.4 Å². The smallest absolute Gasteiger partial charge is 0.408 e. The summed E-state index contributed by atoms with van der Waals surface area (Å²) in [5, 5.41) is 12.7. The fourth-order valence-electron chi connectivity index (χ4n) is 1.45. The Kier molecular flexibility index (Phi) is 7.94. The number of alkyl halides is 1. The minimum Gasteiger partial charge on any atom is -0.480 e. The molecular weight excluding hydrogens is 312 g/mol. The number of aliphatic carboxylic acids is 1. The third-order valence-corrected chi connectivity index (χ3v) is 3.02. The molecule has 0 aliphatic carbocycles. The molecule has 0 bridgehead atoms. The van der Waals surface area contributed by atoms with Crippen LogP contribution in [0, 0.1) is 0 Å². The molecule has 0 saturated carbocycles. The molecule has 0 aliphatic heterocycles. The molecule has 0 aromatic rings. The number of alkyl carbamates (subject to hydrolysis) is 1. The zero-order valence-electron chi connectivity index (χ0n) is 13.2. The van der Waals surface area contributed by atoms with Crippen LogP contribution in [0.25, 0.3) is 0 Å². The standard InChI is InChI=1S/C14H23ClN2O5/c1-6-9(15)11(17-13(21)22-14(3,4)5)12(20)8(2)16-7-10(18)19/h9,11,16H,2,6-7H2,1,3-5H3,(H,17,21)(H,18,19). The first-order valence-electron chi connectivity index (χ1n) is 6.80. The maximum Gasteiger partial charge on any atom is 0.408 e. The van der Waals surface area contributed by atoms with Crippen molar-refractivity contribution in [3.05, 3.63) is 12.3 Å². The molecule has 126 valence electrons. The first-order chi connectivity index (χ1) is 9.97. The number of carboxylic acid groups (broad SMARTS) is 1. The predicted molar refractivity (Wildman–Crippen MR) is 82.9 cm³/mol. The van der Waals surface area contributed by atoms with Gasteiger partial charge in [0.15, 0.2) is 0 Å². The number of hydrogen-bond acceptors (Lipinski definition) is 5. The number of halogens is 1. The number of Topliss-reactive ketones (excluding diaryl/α,β-unsaturated/α-hetero) is 1. The SMILES string of the molecule is C=C(NCC(=O)O)C(=O)C(NC(=O)OC(C)(C)C)C(Cl)CC. The van der Waals surface area contributed by atoms with Crippen LogP contribution in [0.3, 0.4) is 0 Å². The van der Waals surface area contributed by atoms with Gasteiger partial charge in [-0.15, -0.1) is 11.6 Å². The van der Waals surface area contributed by atoms with Crippen LogP contribution >= 0.6 is 11.6 Å². The van der Waals surface area contributed by atoms with Crippen molar-refractivity contribution in [2.45, 2.75) is 51.1 Å². The Labute approximate surface area is 135 Å². The lowest BCUT2D eigenvalue weighted by Gasteiger charge is -2.25. The lowest BCUT2D eigenvalue weighted by Crippen LogP contribution is -2.50. The van der Waals surface area contributed by atoms with Crippen LogP contribution in [0.15, 0.2) is 12.3 Å². The second kappa shape index (κ2) is 8.63. The second-order valence-corrected chi connectivity index (χ2v) is 6.20. The van der Waals surface area contributed by atoms with E-state index >= 15 is 0 Å². The van der Waals surface area contributed by atoms with Gasteiger partial charge in [-0.05, 0) is 27.2 Å². The van der Waals surface area contributed by atoms with Crippen LogP contribution in [0.1, 0.15) is 34.1 Å². The number of ketones is 1. The number of carbonyl (C=O) groups is 3. The highest BCUT2D eigenvalue weighted by Crippen LogP contribution is 2.13. The van der Waals surface area contributed by atoms with Crippen LogP contribution in [-0.4, -0.2) is 46.5 Å². The molecule has 2 unspecified atom stereocenters. The van der Waals surface area contributed by atoms with E-state index in [1.165, 1.54) is 0 Å². The lowest BCUT2D eigenvalue weighted by atomic mass is 10.0. The Morgan fingerprint density at radius 1 is 1.32 bits per heavy atom. The highest BCUT2D eigenvalue weighted by molar-refractivity contribution is 6.23. The Morgan fingerprint density at radius 2 is 1.86 bits per heavy atom. The summed E-state index contributed by atoms with van der Waals surface area (Å²) in [4.78, 5) is 34.5. The molecular formula is C14H23ClN2O5. The van der Waals surface area contributed by atoms with Gasteiger partial charge in [-0.1, -0.05) is 13.5 Å². The zero-order valence-corrected chi connectivity index (χ0v) is 14.0. The summed E-state index contributed by atoms with van der Waals surface area (Å²) in [5.74, 6) is -1.72. The van der Waals surface area contributed by atoms with E-state index in [1.807, 2.05) is 0 Å². The molecule has 0 fully saturated rings. The average molecular weight is 335 g/mol. The molecule has 2 atom stereocenters. The third kappa shape index (κ3) is 7.87. The first kappa shape index (κ1) is 20.2. The molecule has 0 saturated heterocycles. The maximum absolute atomic E-state index is 12.2. The molecule has 1 amide bonds. The molecule has 0 rings (SSSR count). The molecule has 0 aliphatic rings. The van der Waals surface area contributed by atoms with Crippen LogP contribution in [0.5, 0.6) is 0 Å². The molecule has 0 aromatic carbocycles. The summed E-state index contributed by atoms with van der Waals surface area (Å²) in [7, 11) is 0. The van der Waals surface area contributed by atoms with E-state index in [0.717, 1.165) is 0 Å². The normalized spacial score (nSPS) is 13.7. The summed E-state index contributed by atoms with van der Waals surface area (Å²) in [6.07, 6.45) is -0.365. The molecule has 8 heteroatoms. The van der Waals surface area contributed by atoms with Gasteiger partial charge in [0.2, 0.25) is 5.78 Å². The summed E-state index contributed by atoms with van der Waals surface area (Å²) >= 11 is 6.07. The van der Waals surface area contributed by atoms with Crippen LogP contribution < -0.4 is 10.6 Å².